The summed E-state index contributed by atoms with van der Waals surface area (Å²) in [6.07, 6.45) is 3.16. The maximum Gasteiger partial charge on any atom is 0.330 e. The van der Waals surface area contributed by atoms with Crippen LogP contribution in [-0.2, 0) is 17.8 Å². The molecule has 0 aliphatic heterocycles. The van der Waals surface area contributed by atoms with Crippen molar-refractivity contribution in [1.82, 2.24) is 9.13 Å². The molecule has 0 unspecified atom stereocenters. The molecule has 1 aromatic rings. The Morgan fingerprint density at radius 3 is 2.69 bits per heavy atom. The van der Waals surface area contributed by atoms with Crippen molar-refractivity contribution < 1.29 is 4.74 Å². The van der Waals surface area contributed by atoms with Gasteiger partial charge in [0, 0.05) is 39.1 Å². The third-order valence-corrected chi connectivity index (χ3v) is 2.46. The fourth-order valence-corrected chi connectivity index (χ4v) is 1.52. The number of hydrogen-bond donors (Lipinski definition) is 0. The Kier molecular flexibility index (Phi) is 4.98. The quantitative estimate of drug-likeness (QED) is 0.662. The number of methoxy groups -OCH3 is 1. The molecule has 0 aliphatic rings. The number of ether oxygens (including phenoxy) is 1. The first-order valence-corrected chi connectivity index (χ1v) is 5.50. The van der Waals surface area contributed by atoms with Crippen molar-refractivity contribution >= 4 is 0 Å². The Bertz CT molecular complexity index is 434. The lowest BCUT2D eigenvalue weighted by atomic mass is 10.3. The van der Waals surface area contributed by atoms with Crippen LogP contribution in [0.1, 0.15) is 19.8 Å². The molecule has 0 aromatic carbocycles. The van der Waals surface area contributed by atoms with Crippen LogP contribution in [0.4, 0.5) is 0 Å². The lowest BCUT2D eigenvalue weighted by Crippen LogP contribution is -2.38. The minimum absolute atomic E-state index is 0.229. The van der Waals surface area contributed by atoms with Gasteiger partial charge in [-0.25, -0.2) is 4.79 Å². The van der Waals surface area contributed by atoms with E-state index in [2.05, 4.69) is 0 Å². The summed E-state index contributed by atoms with van der Waals surface area (Å²) in [6.45, 7) is 3.57. The molecule has 0 saturated carbocycles. The van der Waals surface area contributed by atoms with E-state index in [-0.39, 0.29) is 11.2 Å². The Hall–Kier alpha value is -1.36. The number of unbranched alkanes of at least 4 members (excludes halogenated alkanes) is 1. The van der Waals surface area contributed by atoms with Crippen LogP contribution in [0.2, 0.25) is 0 Å². The first-order valence-electron chi connectivity index (χ1n) is 5.50. The molecule has 1 aromatic heterocycles. The molecule has 0 N–H and O–H groups in total. The van der Waals surface area contributed by atoms with Gasteiger partial charge in [-0.2, -0.15) is 0 Å². The zero-order chi connectivity index (χ0) is 12.0. The molecule has 5 heteroatoms. The minimum atomic E-state index is -0.230. The monoisotopic (exact) mass is 226 g/mol. The fraction of sp³-hybridized carbons (Fsp3) is 0.636. The van der Waals surface area contributed by atoms with Crippen LogP contribution in [0.25, 0.3) is 0 Å². The van der Waals surface area contributed by atoms with Crippen molar-refractivity contribution in [2.45, 2.75) is 32.9 Å². The molecule has 90 valence electrons. The minimum Gasteiger partial charge on any atom is -0.385 e. The van der Waals surface area contributed by atoms with Crippen LogP contribution in [0.3, 0.4) is 0 Å². The summed E-state index contributed by atoms with van der Waals surface area (Å²) < 4.78 is 7.72. The molecule has 0 radical (unpaired) electrons. The summed E-state index contributed by atoms with van der Waals surface area (Å²) in [5, 5.41) is 0. The summed E-state index contributed by atoms with van der Waals surface area (Å²) >= 11 is 0. The summed E-state index contributed by atoms with van der Waals surface area (Å²) in [6, 6.07) is 1.43. The highest BCUT2D eigenvalue weighted by molar-refractivity contribution is 4.86. The third-order valence-electron chi connectivity index (χ3n) is 2.46. The molecule has 5 nitrogen and oxygen atoms in total. The van der Waals surface area contributed by atoms with Gasteiger partial charge in [0.05, 0.1) is 0 Å². The molecule has 0 bridgehead atoms. The zero-order valence-electron chi connectivity index (χ0n) is 9.81. The first kappa shape index (κ1) is 12.7. The molecule has 16 heavy (non-hydrogen) atoms. The van der Waals surface area contributed by atoms with Gasteiger partial charge < -0.3 is 9.30 Å². The topological polar surface area (TPSA) is 53.2 Å². The van der Waals surface area contributed by atoms with Gasteiger partial charge in [-0.05, 0) is 19.8 Å². The van der Waals surface area contributed by atoms with Gasteiger partial charge in [0.25, 0.3) is 5.56 Å². The highest BCUT2D eigenvalue weighted by atomic mass is 16.5. The van der Waals surface area contributed by atoms with E-state index in [1.807, 2.05) is 6.92 Å². The van der Waals surface area contributed by atoms with Gasteiger partial charge in [0.1, 0.15) is 0 Å². The average molecular weight is 226 g/mol. The van der Waals surface area contributed by atoms with E-state index in [1.54, 1.807) is 7.11 Å². The molecule has 0 atom stereocenters. The predicted molar refractivity (Wildman–Crippen MR) is 61.7 cm³/mol. The normalized spacial score (nSPS) is 10.6. The zero-order valence-corrected chi connectivity index (χ0v) is 9.81. The van der Waals surface area contributed by atoms with E-state index in [0.717, 1.165) is 12.8 Å². The molecule has 0 saturated heterocycles. The van der Waals surface area contributed by atoms with Crippen LogP contribution in [0.5, 0.6) is 0 Å². The van der Waals surface area contributed by atoms with E-state index in [4.69, 9.17) is 4.74 Å². The molecular weight excluding hydrogens is 208 g/mol. The highest BCUT2D eigenvalue weighted by Gasteiger charge is 2.03. The lowest BCUT2D eigenvalue weighted by molar-refractivity contribution is 0.191. The van der Waals surface area contributed by atoms with Crippen molar-refractivity contribution in [3.63, 3.8) is 0 Å². The Morgan fingerprint density at radius 2 is 2.06 bits per heavy atom. The molecule has 1 heterocycles. The summed E-state index contributed by atoms with van der Waals surface area (Å²) in [5.74, 6) is 0. The maximum atomic E-state index is 11.8. The van der Waals surface area contributed by atoms with Crippen LogP contribution in [0.15, 0.2) is 21.9 Å². The van der Waals surface area contributed by atoms with E-state index >= 15 is 0 Å². The fourth-order valence-electron chi connectivity index (χ4n) is 1.52. The average Bonchev–Trinajstić information content (AvgIpc) is 2.28. The third kappa shape index (κ3) is 3.06. The first-order chi connectivity index (χ1) is 7.70. The summed E-state index contributed by atoms with van der Waals surface area (Å²) in [4.78, 5) is 23.3. The van der Waals surface area contributed by atoms with Gasteiger partial charge in [-0.3, -0.25) is 9.36 Å². The largest absolute Gasteiger partial charge is 0.385 e. The SMILES string of the molecule is CCn1ccc(=O)n(CCCCOC)c1=O. The van der Waals surface area contributed by atoms with Crippen LogP contribution in [-0.4, -0.2) is 22.9 Å². The van der Waals surface area contributed by atoms with Gasteiger partial charge >= 0.3 is 5.69 Å². The second-order valence-corrected chi connectivity index (χ2v) is 3.57. The van der Waals surface area contributed by atoms with Crippen LogP contribution < -0.4 is 11.2 Å². The summed E-state index contributed by atoms with van der Waals surface area (Å²) in [7, 11) is 1.64. The molecule has 0 aliphatic carbocycles. The Morgan fingerprint density at radius 1 is 1.31 bits per heavy atom. The van der Waals surface area contributed by atoms with E-state index < -0.39 is 0 Å². The molecule has 0 fully saturated rings. The van der Waals surface area contributed by atoms with Crippen LogP contribution in [0, 0.1) is 0 Å². The van der Waals surface area contributed by atoms with Crippen molar-refractivity contribution in [3.05, 3.63) is 33.1 Å². The standard InChI is InChI=1S/C11H18N2O3/c1-3-12-8-6-10(14)13(11(12)15)7-4-5-9-16-2/h6,8H,3-5,7,9H2,1-2H3. The second kappa shape index (κ2) is 6.27. The highest BCUT2D eigenvalue weighted by Crippen LogP contribution is 1.91. The molecule has 0 amide bonds. The number of rotatable bonds is 6. The van der Waals surface area contributed by atoms with Crippen molar-refractivity contribution in [2.24, 2.45) is 0 Å². The van der Waals surface area contributed by atoms with Crippen LogP contribution >= 0.6 is 0 Å². The van der Waals surface area contributed by atoms with Crippen molar-refractivity contribution in [3.8, 4) is 0 Å². The van der Waals surface area contributed by atoms with Gasteiger partial charge in [0.15, 0.2) is 0 Å². The van der Waals surface area contributed by atoms with Gasteiger partial charge in [-0.15, -0.1) is 0 Å². The van der Waals surface area contributed by atoms with E-state index in [9.17, 15) is 9.59 Å². The predicted octanol–water partition coefficient (Wildman–Crippen LogP) is 0.457. The number of nitrogens with zero attached hydrogens (tertiary/aromatic N) is 2. The Balaban J connectivity index is 2.78. The second-order valence-electron chi connectivity index (χ2n) is 3.57. The van der Waals surface area contributed by atoms with E-state index in [1.165, 1.54) is 21.4 Å². The number of hydrogen-bond acceptors (Lipinski definition) is 3. The molecular formula is C11H18N2O3. The molecule has 1 rings (SSSR count). The van der Waals surface area contributed by atoms with Gasteiger partial charge in [-0.1, -0.05) is 0 Å². The van der Waals surface area contributed by atoms with Gasteiger partial charge in [0.2, 0.25) is 0 Å². The van der Waals surface area contributed by atoms with E-state index in [0.29, 0.717) is 19.7 Å². The Labute approximate surface area is 94.3 Å². The number of aryl methyl sites for hydroxylation is 1. The maximum absolute atomic E-state index is 11.8. The lowest BCUT2D eigenvalue weighted by Gasteiger charge is -2.07. The smallest absolute Gasteiger partial charge is 0.330 e. The van der Waals surface area contributed by atoms with Crippen molar-refractivity contribution in [2.75, 3.05) is 13.7 Å². The number of aromatic nitrogens is 2. The molecule has 0 spiro atoms. The van der Waals surface area contributed by atoms with Crippen molar-refractivity contribution in [1.29, 1.82) is 0 Å². The summed E-state index contributed by atoms with van der Waals surface area (Å²) in [5.41, 5.74) is -0.459.